The molecule has 1 aromatic carbocycles. The number of ether oxygens (including phenoxy) is 1. The minimum absolute atomic E-state index is 0.145. The summed E-state index contributed by atoms with van der Waals surface area (Å²) in [5.41, 5.74) is 6.30. The Kier molecular flexibility index (Phi) is 4.77. The summed E-state index contributed by atoms with van der Waals surface area (Å²) in [6.07, 6.45) is -0.290. The van der Waals surface area contributed by atoms with Crippen molar-refractivity contribution in [1.29, 1.82) is 0 Å². The summed E-state index contributed by atoms with van der Waals surface area (Å²) >= 11 is 0. The lowest BCUT2D eigenvalue weighted by atomic mass is 10.2. The molecular weight excluding hydrogens is 286 g/mol. The predicted octanol–water partition coefficient (Wildman–Crippen LogP) is 0.161. The maximum atomic E-state index is 12.1. The van der Waals surface area contributed by atoms with Gasteiger partial charge in [0.15, 0.2) is 0 Å². The van der Waals surface area contributed by atoms with Gasteiger partial charge in [0.1, 0.15) is 0 Å². The topological polar surface area (TPSA) is 102 Å². The Labute approximate surface area is 128 Å². The molecule has 1 aromatic rings. The number of hydrogen-bond donors (Lipinski definition) is 2. The summed E-state index contributed by atoms with van der Waals surface area (Å²) in [5.74, 6) is -2.30. The number of nitrogen functional groups attached to an aromatic ring is 1. The van der Waals surface area contributed by atoms with Gasteiger partial charge >= 0.3 is 11.8 Å². The number of rotatable bonds is 1. The number of imide groups is 1. The molecule has 2 atom stereocenters. The highest BCUT2D eigenvalue weighted by Crippen LogP contribution is 2.11. The molecule has 0 aromatic heterocycles. The number of nitrogens with two attached hydrogens (primary N) is 1. The van der Waals surface area contributed by atoms with Crippen LogP contribution in [0.25, 0.3) is 0 Å². The summed E-state index contributed by atoms with van der Waals surface area (Å²) in [4.78, 5) is 37.3. The zero-order valence-corrected chi connectivity index (χ0v) is 12.5. The number of anilines is 1. The van der Waals surface area contributed by atoms with Crippen molar-refractivity contribution < 1.29 is 19.1 Å². The Morgan fingerprint density at radius 1 is 1.14 bits per heavy atom. The van der Waals surface area contributed by atoms with Gasteiger partial charge in [0.25, 0.3) is 5.91 Å². The van der Waals surface area contributed by atoms with Crippen molar-refractivity contribution in [3.05, 3.63) is 29.8 Å². The lowest BCUT2D eigenvalue weighted by Crippen LogP contribution is -2.53. The molecule has 1 aliphatic rings. The van der Waals surface area contributed by atoms with Gasteiger partial charge in [-0.2, -0.15) is 0 Å². The van der Waals surface area contributed by atoms with Crippen molar-refractivity contribution in [2.24, 2.45) is 0 Å². The van der Waals surface area contributed by atoms with Crippen LogP contribution in [0.3, 0.4) is 0 Å². The zero-order valence-electron chi connectivity index (χ0n) is 12.5. The monoisotopic (exact) mass is 305 g/mol. The second-order valence-corrected chi connectivity index (χ2v) is 5.37. The molecular formula is C15H19N3O4. The first kappa shape index (κ1) is 16.0. The van der Waals surface area contributed by atoms with E-state index in [1.165, 1.54) is 17.0 Å². The highest BCUT2D eigenvalue weighted by molar-refractivity contribution is 6.38. The Morgan fingerprint density at radius 3 is 2.23 bits per heavy atom. The Hall–Kier alpha value is -2.41. The molecule has 1 heterocycles. The number of hydrogen-bond acceptors (Lipinski definition) is 5. The molecule has 0 radical (unpaired) electrons. The van der Waals surface area contributed by atoms with Crippen LogP contribution >= 0.6 is 0 Å². The average molecular weight is 305 g/mol. The van der Waals surface area contributed by atoms with E-state index in [2.05, 4.69) is 5.32 Å². The van der Waals surface area contributed by atoms with Crippen molar-refractivity contribution in [2.75, 3.05) is 18.8 Å². The van der Waals surface area contributed by atoms with Gasteiger partial charge in [-0.1, -0.05) is 0 Å². The fraction of sp³-hybridized carbons (Fsp3) is 0.400. The van der Waals surface area contributed by atoms with Crippen LogP contribution in [0, 0.1) is 0 Å². The number of benzene rings is 1. The molecule has 22 heavy (non-hydrogen) atoms. The lowest BCUT2D eigenvalue weighted by Gasteiger charge is -2.34. The van der Waals surface area contributed by atoms with E-state index in [0.717, 1.165) is 0 Å². The standard InChI is InChI=1S/C15H19N3O4/c1-9-7-18(8-10(2)22-9)15(21)14(20)17-13(19)11-3-5-12(16)6-4-11/h3-6,9-10H,7-8,16H2,1-2H3,(H,17,19,20). The van der Waals surface area contributed by atoms with Gasteiger partial charge in [0, 0.05) is 24.3 Å². The van der Waals surface area contributed by atoms with Gasteiger partial charge in [-0.05, 0) is 38.1 Å². The van der Waals surface area contributed by atoms with Gasteiger partial charge in [-0.3, -0.25) is 19.7 Å². The molecule has 0 bridgehead atoms. The normalized spacial score (nSPS) is 21.3. The molecule has 1 fully saturated rings. The maximum Gasteiger partial charge on any atom is 0.316 e. The minimum Gasteiger partial charge on any atom is -0.399 e. The molecule has 7 nitrogen and oxygen atoms in total. The van der Waals surface area contributed by atoms with Crippen LogP contribution < -0.4 is 11.1 Å². The van der Waals surface area contributed by atoms with Crippen molar-refractivity contribution >= 4 is 23.4 Å². The van der Waals surface area contributed by atoms with Crippen LogP contribution in [-0.4, -0.2) is 47.9 Å². The fourth-order valence-corrected chi connectivity index (χ4v) is 2.35. The second-order valence-electron chi connectivity index (χ2n) is 5.37. The van der Waals surface area contributed by atoms with Crippen molar-refractivity contribution in [3.8, 4) is 0 Å². The molecule has 2 unspecified atom stereocenters. The van der Waals surface area contributed by atoms with Crippen LogP contribution in [0.15, 0.2) is 24.3 Å². The third-order valence-electron chi connectivity index (χ3n) is 3.30. The largest absolute Gasteiger partial charge is 0.399 e. The number of nitrogens with one attached hydrogen (secondary N) is 1. The first-order valence-electron chi connectivity index (χ1n) is 7.02. The molecule has 118 valence electrons. The molecule has 1 saturated heterocycles. The molecule has 3 N–H and O–H groups in total. The Balaban J connectivity index is 1.97. The number of nitrogens with zero attached hydrogens (tertiary/aromatic N) is 1. The zero-order chi connectivity index (χ0) is 16.3. The van der Waals surface area contributed by atoms with Crippen LogP contribution in [0.5, 0.6) is 0 Å². The first-order chi connectivity index (χ1) is 10.4. The van der Waals surface area contributed by atoms with Crippen molar-refractivity contribution in [1.82, 2.24) is 10.2 Å². The quantitative estimate of drug-likeness (QED) is 0.568. The van der Waals surface area contributed by atoms with E-state index in [-0.39, 0.29) is 17.8 Å². The molecule has 0 aliphatic carbocycles. The maximum absolute atomic E-state index is 12.1. The number of amides is 3. The minimum atomic E-state index is -0.942. The van der Waals surface area contributed by atoms with E-state index < -0.39 is 17.7 Å². The average Bonchev–Trinajstić information content (AvgIpc) is 2.46. The first-order valence-corrected chi connectivity index (χ1v) is 7.02. The van der Waals surface area contributed by atoms with E-state index in [4.69, 9.17) is 10.5 Å². The highest BCUT2D eigenvalue weighted by Gasteiger charge is 2.30. The van der Waals surface area contributed by atoms with Gasteiger partial charge in [0.05, 0.1) is 12.2 Å². The van der Waals surface area contributed by atoms with Gasteiger partial charge in [-0.25, -0.2) is 0 Å². The van der Waals surface area contributed by atoms with Crippen LogP contribution in [-0.2, 0) is 14.3 Å². The van der Waals surface area contributed by atoms with Gasteiger partial charge < -0.3 is 15.4 Å². The van der Waals surface area contributed by atoms with Gasteiger partial charge in [0.2, 0.25) is 0 Å². The van der Waals surface area contributed by atoms with Crippen LogP contribution in [0.1, 0.15) is 24.2 Å². The van der Waals surface area contributed by atoms with E-state index in [9.17, 15) is 14.4 Å². The molecule has 2 rings (SSSR count). The number of morpholine rings is 1. The predicted molar refractivity (Wildman–Crippen MR) is 79.9 cm³/mol. The summed E-state index contributed by atoms with van der Waals surface area (Å²) in [7, 11) is 0. The molecule has 3 amide bonds. The highest BCUT2D eigenvalue weighted by atomic mass is 16.5. The molecule has 0 spiro atoms. The summed E-state index contributed by atoms with van der Waals surface area (Å²) < 4.78 is 5.50. The number of carbonyl (C=O) groups excluding carboxylic acids is 3. The smallest absolute Gasteiger partial charge is 0.316 e. The Morgan fingerprint density at radius 2 is 1.68 bits per heavy atom. The SMILES string of the molecule is CC1CN(C(=O)C(=O)NC(=O)c2ccc(N)cc2)CC(C)O1. The van der Waals surface area contributed by atoms with Crippen molar-refractivity contribution in [2.45, 2.75) is 26.1 Å². The fourth-order valence-electron chi connectivity index (χ4n) is 2.35. The van der Waals surface area contributed by atoms with Crippen LogP contribution in [0.2, 0.25) is 0 Å². The molecule has 7 heteroatoms. The third kappa shape index (κ3) is 3.82. The number of carbonyl (C=O) groups is 3. The Bertz CT molecular complexity index is 575. The summed E-state index contributed by atoms with van der Waals surface area (Å²) in [6, 6.07) is 6.07. The van der Waals surface area contributed by atoms with Crippen LogP contribution in [0.4, 0.5) is 5.69 Å². The lowest BCUT2D eigenvalue weighted by molar-refractivity contribution is -0.152. The van der Waals surface area contributed by atoms with E-state index in [1.807, 2.05) is 13.8 Å². The summed E-state index contributed by atoms with van der Waals surface area (Å²) in [5, 5.41) is 2.09. The van der Waals surface area contributed by atoms with E-state index >= 15 is 0 Å². The summed E-state index contributed by atoms with van der Waals surface area (Å²) in [6.45, 7) is 4.31. The third-order valence-corrected chi connectivity index (χ3v) is 3.30. The molecule has 0 saturated carbocycles. The van der Waals surface area contributed by atoms with Gasteiger partial charge in [-0.15, -0.1) is 0 Å². The van der Waals surface area contributed by atoms with E-state index in [1.54, 1.807) is 12.1 Å². The molecule has 1 aliphatic heterocycles. The second kappa shape index (κ2) is 6.57. The van der Waals surface area contributed by atoms with Crippen molar-refractivity contribution in [3.63, 3.8) is 0 Å². The van der Waals surface area contributed by atoms with E-state index in [0.29, 0.717) is 18.8 Å².